The quantitative estimate of drug-likeness (QED) is 0.281. The van der Waals surface area contributed by atoms with Crippen molar-refractivity contribution in [1.29, 1.82) is 0 Å². The van der Waals surface area contributed by atoms with Crippen molar-refractivity contribution in [3.05, 3.63) is 129 Å². The molecule has 0 bridgehead atoms. The van der Waals surface area contributed by atoms with E-state index in [2.05, 4.69) is 97.1 Å². The molecule has 0 spiro atoms. The smallest absolute Gasteiger partial charge is 0.108 e. The fraction of sp³-hybridized carbons (Fsp3) is 0. The van der Waals surface area contributed by atoms with Crippen LogP contribution in [0, 0.1) is 0 Å². The van der Waals surface area contributed by atoms with Crippen LogP contribution < -0.4 is 9.06 Å². The fourth-order valence-electron chi connectivity index (χ4n) is 4.79. The first-order valence-corrected chi connectivity index (χ1v) is 12.5. The van der Waals surface area contributed by atoms with E-state index in [0.717, 1.165) is 31.1 Å². The number of nitrogens with zero attached hydrogens (tertiary/aromatic N) is 2. The summed E-state index contributed by atoms with van der Waals surface area (Å²) < 4.78 is 2.25. The summed E-state index contributed by atoms with van der Waals surface area (Å²) in [5.74, 6) is 0. The molecule has 0 unspecified atom stereocenters. The largest absolute Gasteiger partial charge is 0.243 e. The first-order valence-electron chi connectivity index (χ1n) is 11.7. The van der Waals surface area contributed by atoms with Crippen molar-refractivity contribution >= 4 is 67.1 Å². The van der Waals surface area contributed by atoms with Crippen LogP contribution in [0.15, 0.2) is 109 Å². The summed E-state index contributed by atoms with van der Waals surface area (Å²) in [7, 11) is 0. The Morgan fingerprint density at radius 1 is 0.457 bits per heavy atom. The Kier molecular flexibility index (Phi) is 4.68. The molecule has 2 nitrogen and oxygen atoms in total. The summed E-state index contributed by atoms with van der Waals surface area (Å²) in [6.07, 6.45) is 4.53. The molecular weight excluding hydrogens is 444 g/mol. The fourth-order valence-corrected chi connectivity index (χ4v) is 5.88. The summed E-state index contributed by atoms with van der Waals surface area (Å²) >= 11 is 1.75. The van der Waals surface area contributed by atoms with Gasteiger partial charge in [0.2, 0.25) is 0 Å². The van der Waals surface area contributed by atoms with Gasteiger partial charge in [0.25, 0.3) is 0 Å². The average molecular weight is 465 g/mol. The van der Waals surface area contributed by atoms with Crippen LogP contribution in [0.4, 0.5) is 0 Å². The van der Waals surface area contributed by atoms with Crippen molar-refractivity contribution in [2.24, 2.45) is 0 Å². The zero-order valence-electron chi connectivity index (χ0n) is 18.8. The molecule has 0 saturated heterocycles. The molecule has 7 aromatic rings. The number of benzene rings is 5. The summed E-state index contributed by atoms with van der Waals surface area (Å²) in [6, 6.07) is 38.1. The van der Waals surface area contributed by atoms with Crippen LogP contribution in [-0.4, -0.2) is 9.97 Å². The molecule has 5 aromatic carbocycles. The highest BCUT2D eigenvalue weighted by Gasteiger charge is 2.09. The number of aromatic nitrogens is 2. The first kappa shape index (κ1) is 20.1. The molecule has 35 heavy (non-hydrogen) atoms. The molecule has 0 aliphatic carbocycles. The summed E-state index contributed by atoms with van der Waals surface area (Å²) in [5, 5.41) is 4.96. The Hall–Kier alpha value is -4.34. The van der Waals surface area contributed by atoms with E-state index in [9.17, 15) is 0 Å². The number of rotatable bonds is 2. The lowest BCUT2D eigenvalue weighted by Gasteiger charge is -2.01. The molecule has 0 N–H and O–H groups in total. The minimum Gasteiger partial charge on any atom is -0.243 e. The minimum atomic E-state index is 0.919. The van der Waals surface area contributed by atoms with Crippen molar-refractivity contribution in [3.8, 4) is 0 Å². The van der Waals surface area contributed by atoms with Crippen molar-refractivity contribution < 1.29 is 0 Å². The van der Waals surface area contributed by atoms with Gasteiger partial charge in [-0.25, -0.2) is 9.97 Å². The third kappa shape index (κ3) is 3.49. The molecule has 0 amide bonds. The molecule has 7 rings (SSSR count). The van der Waals surface area contributed by atoms with Crippen molar-refractivity contribution in [2.45, 2.75) is 0 Å². The third-order valence-corrected chi connectivity index (χ3v) is 7.54. The Morgan fingerprint density at radius 3 is 1.40 bits per heavy atom. The SMILES string of the molecule is C(/c1cccc2ccccc12)=c1/s/c(=C\c2cccc3ccccc23)c2nc3ccccc3nc12. The van der Waals surface area contributed by atoms with Crippen molar-refractivity contribution in [3.63, 3.8) is 0 Å². The summed E-state index contributed by atoms with van der Waals surface area (Å²) in [5.41, 5.74) is 6.13. The maximum atomic E-state index is 5.08. The molecule has 2 aromatic heterocycles. The van der Waals surface area contributed by atoms with Gasteiger partial charge >= 0.3 is 0 Å². The van der Waals surface area contributed by atoms with Crippen LogP contribution in [0.3, 0.4) is 0 Å². The second kappa shape index (κ2) is 8.15. The van der Waals surface area contributed by atoms with Gasteiger partial charge in [-0.2, -0.15) is 0 Å². The predicted octanol–water partition coefficient (Wildman–Crippen LogP) is 6.81. The lowest BCUT2D eigenvalue weighted by Crippen LogP contribution is -1.98. The Morgan fingerprint density at radius 2 is 0.886 bits per heavy atom. The number of hydrogen-bond acceptors (Lipinski definition) is 3. The van der Waals surface area contributed by atoms with Crippen molar-refractivity contribution in [1.82, 2.24) is 9.97 Å². The number of fused-ring (bicyclic) bond motifs is 4. The Bertz CT molecular complexity index is 1860. The van der Waals surface area contributed by atoms with Gasteiger partial charge in [0.05, 0.1) is 20.1 Å². The van der Waals surface area contributed by atoms with Gasteiger partial charge in [0.15, 0.2) is 0 Å². The van der Waals surface area contributed by atoms with Crippen molar-refractivity contribution in [2.75, 3.05) is 0 Å². The monoisotopic (exact) mass is 464 g/mol. The van der Waals surface area contributed by atoms with Gasteiger partial charge < -0.3 is 0 Å². The molecule has 0 aliphatic heterocycles. The molecule has 0 fully saturated rings. The topological polar surface area (TPSA) is 25.8 Å². The zero-order valence-corrected chi connectivity index (χ0v) is 19.7. The highest BCUT2D eigenvalue weighted by Crippen LogP contribution is 2.22. The first-order chi connectivity index (χ1) is 17.3. The molecule has 0 radical (unpaired) electrons. The molecule has 0 saturated carbocycles. The van der Waals surface area contributed by atoms with E-state index in [0.29, 0.717) is 0 Å². The van der Waals surface area contributed by atoms with Crippen LogP contribution in [0.2, 0.25) is 0 Å². The zero-order chi connectivity index (χ0) is 23.2. The molecule has 164 valence electrons. The normalized spacial score (nSPS) is 12.9. The van der Waals surface area contributed by atoms with Gasteiger partial charge in [-0.15, -0.1) is 11.3 Å². The van der Waals surface area contributed by atoms with Crippen LogP contribution in [-0.2, 0) is 0 Å². The van der Waals surface area contributed by atoms with E-state index >= 15 is 0 Å². The van der Waals surface area contributed by atoms with E-state index < -0.39 is 0 Å². The predicted molar refractivity (Wildman–Crippen MR) is 149 cm³/mol. The summed E-state index contributed by atoms with van der Waals surface area (Å²) in [6.45, 7) is 0. The van der Waals surface area contributed by atoms with Gasteiger partial charge in [0.1, 0.15) is 11.0 Å². The van der Waals surface area contributed by atoms with Crippen LogP contribution in [0.5, 0.6) is 0 Å². The minimum absolute atomic E-state index is 0.919. The summed E-state index contributed by atoms with van der Waals surface area (Å²) in [4.78, 5) is 10.2. The van der Waals surface area contributed by atoms with Gasteiger partial charge in [-0.3, -0.25) is 0 Å². The molecular formula is C32H20N2S. The molecule has 0 atom stereocenters. The highest BCUT2D eigenvalue weighted by molar-refractivity contribution is 7.09. The van der Waals surface area contributed by atoms with Crippen LogP contribution in [0.25, 0.3) is 55.8 Å². The highest BCUT2D eigenvalue weighted by atomic mass is 32.1. The van der Waals surface area contributed by atoms with Gasteiger partial charge in [-0.1, -0.05) is 97.1 Å². The van der Waals surface area contributed by atoms with E-state index in [4.69, 9.17) is 9.97 Å². The van der Waals surface area contributed by atoms with E-state index in [-0.39, 0.29) is 0 Å². The third-order valence-electron chi connectivity index (χ3n) is 6.48. The lowest BCUT2D eigenvalue weighted by molar-refractivity contribution is 1.40. The molecule has 2 heterocycles. The standard InChI is InChI=1S/C32H20N2S/c1-3-15-25-21(9-1)11-7-13-23(25)19-29-31-32(34-28-18-6-5-17-27(28)33-31)30(35-29)20-24-14-8-12-22-10-2-4-16-26(22)24/h1-20H/b29-19-,30-20-. The second-order valence-electron chi connectivity index (χ2n) is 8.67. The maximum Gasteiger partial charge on any atom is 0.108 e. The Balaban J connectivity index is 1.57. The van der Waals surface area contributed by atoms with E-state index in [1.165, 1.54) is 32.7 Å². The number of para-hydroxylation sites is 2. The lowest BCUT2D eigenvalue weighted by atomic mass is 10.0. The number of thiophene rings is 1. The van der Waals surface area contributed by atoms with E-state index in [1.807, 2.05) is 24.3 Å². The number of hydrogen-bond donors (Lipinski definition) is 0. The van der Waals surface area contributed by atoms with Crippen LogP contribution in [0.1, 0.15) is 11.1 Å². The van der Waals surface area contributed by atoms with E-state index in [1.54, 1.807) is 11.3 Å². The van der Waals surface area contributed by atoms with Gasteiger partial charge in [0, 0.05) is 0 Å². The maximum absolute atomic E-state index is 5.08. The van der Waals surface area contributed by atoms with Crippen LogP contribution >= 0.6 is 11.3 Å². The second-order valence-corrected chi connectivity index (χ2v) is 9.75. The van der Waals surface area contributed by atoms with Gasteiger partial charge in [-0.05, 0) is 57.0 Å². The molecule has 0 aliphatic rings. The average Bonchev–Trinajstić information content (AvgIpc) is 3.23. The molecule has 3 heteroatoms. The Labute approximate surface area is 206 Å².